The maximum atomic E-state index is 12.6. The molecule has 2 rings (SSSR count). The standard InChI is InChI=1S/C17H16F3NO4S/c1-11(12-6-8-14(9-7-12)17(18,19)20)21-26(23,24)15-5-3-4-13(10-15)16(22)25-2/h3-11,21H,1-2H3. The van der Waals surface area contributed by atoms with Crippen LogP contribution in [0, 0.1) is 0 Å². The summed E-state index contributed by atoms with van der Waals surface area (Å²) in [5, 5.41) is 0. The van der Waals surface area contributed by atoms with Gasteiger partial charge in [0.05, 0.1) is 23.1 Å². The first kappa shape index (κ1) is 19.9. The number of alkyl halides is 3. The summed E-state index contributed by atoms with van der Waals surface area (Å²) in [6, 6.07) is 8.68. The first-order chi connectivity index (χ1) is 12.0. The van der Waals surface area contributed by atoms with Crippen LogP contribution in [0.4, 0.5) is 13.2 Å². The van der Waals surface area contributed by atoms with E-state index in [9.17, 15) is 26.4 Å². The third kappa shape index (κ3) is 4.61. The molecule has 0 aliphatic rings. The molecule has 2 aromatic rings. The molecule has 0 bridgehead atoms. The predicted octanol–water partition coefficient (Wildman–Crippen LogP) is 3.53. The van der Waals surface area contributed by atoms with Crippen LogP contribution >= 0.6 is 0 Å². The van der Waals surface area contributed by atoms with Crippen LogP contribution in [0.1, 0.15) is 34.5 Å². The molecule has 9 heteroatoms. The molecule has 5 nitrogen and oxygen atoms in total. The van der Waals surface area contributed by atoms with Crippen molar-refractivity contribution in [3.8, 4) is 0 Å². The van der Waals surface area contributed by atoms with E-state index in [1.807, 2.05) is 0 Å². The average Bonchev–Trinajstić information content (AvgIpc) is 2.60. The molecule has 0 radical (unpaired) electrons. The molecule has 0 amide bonds. The maximum absolute atomic E-state index is 12.6. The third-order valence-corrected chi connectivity index (χ3v) is 5.17. The van der Waals surface area contributed by atoms with E-state index in [0.717, 1.165) is 18.2 Å². The van der Waals surface area contributed by atoms with Crippen LogP contribution in [0.5, 0.6) is 0 Å². The van der Waals surface area contributed by atoms with E-state index in [2.05, 4.69) is 9.46 Å². The lowest BCUT2D eigenvalue weighted by atomic mass is 10.1. The largest absolute Gasteiger partial charge is 0.465 e. The Morgan fingerprint density at radius 2 is 1.73 bits per heavy atom. The second-order valence-electron chi connectivity index (χ2n) is 5.48. The number of ether oxygens (including phenoxy) is 1. The highest BCUT2D eigenvalue weighted by molar-refractivity contribution is 7.89. The number of sulfonamides is 1. The van der Waals surface area contributed by atoms with Crippen LogP contribution in [0.15, 0.2) is 53.4 Å². The molecule has 1 atom stereocenters. The lowest BCUT2D eigenvalue weighted by Gasteiger charge is -2.16. The Balaban J connectivity index is 2.22. The Labute approximate surface area is 148 Å². The molecule has 0 fully saturated rings. The van der Waals surface area contributed by atoms with Gasteiger partial charge >= 0.3 is 12.1 Å². The molecule has 0 aliphatic heterocycles. The molecule has 1 N–H and O–H groups in total. The smallest absolute Gasteiger partial charge is 0.416 e. The van der Waals surface area contributed by atoms with Crippen LogP contribution in [0.2, 0.25) is 0 Å². The van der Waals surface area contributed by atoms with Crippen LogP contribution in [-0.2, 0) is 20.9 Å². The second kappa shape index (κ2) is 7.46. The van der Waals surface area contributed by atoms with Gasteiger partial charge in [-0.3, -0.25) is 0 Å². The van der Waals surface area contributed by atoms with Gasteiger partial charge in [-0.1, -0.05) is 18.2 Å². The normalized spacial score (nSPS) is 13.3. The van der Waals surface area contributed by atoms with Gasteiger partial charge in [-0.25, -0.2) is 17.9 Å². The molecule has 2 aromatic carbocycles. The molecule has 0 aromatic heterocycles. The molecule has 0 saturated heterocycles. The number of benzene rings is 2. The summed E-state index contributed by atoms with van der Waals surface area (Å²) >= 11 is 0. The Hall–Kier alpha value is -2.39. The lowest BCUT2D eigenvalue weighted by molar-refractivity contribution is -0.137. The highest BCUT2D eigenvalue weighted by Crippen LogP contribution is 2.30. The molecule has 26 heavy (non-hydrogen) atoms. The fourth-order valence-corrected chi connectivity index (χ4v) is 3.52. The Kier molecular flexibility index (Phi) is 5.72. The molecule has 0 aliphatic carbocycles. The molecular formula is C17H16F3NO4S. The van der Waals surface area contributed by atoms with Gasteiger partial charge in [-0.05, 0) is 42.8 Å². The summed E-state index contributed by atoms with van der Waals surface area (Å²) in [5.41, 5.74) is -0.384. The van der Waals surface area contributed by atoms with Crippen LogP contribution < -0.4 is 4.72 Å². The minimum absolute atomic E-state index is 0.0672. The van der Waals surface area contributed by atoms with Gasteiger partial charge in [0, 0.05) is 6.04 Å². The fraction of sp³-hybridized carbons (Fsp3) is 0.235. The second-order valence-corrected chi connectivity index (χ2v) is 7.20. The number of carbonyl (C=O) groups is 1. The number of methoxy groups -OCH3 is 1. The van der Waals surface area contributed by atoms with Crippen molar-refractivity contribution in [3.63, 3.8) is 0 Å². The van der Waals surface area contributed by atoms with Crippen LogP contribution in [0.25, 0.3) is 0 Å². The highest BCUT2D eigenvalue weighted by atomic mass is 32.2. The fourth-order valence-electron chi connectivity index (χ4n) is 2.24. The Bertz CT molecular complexity index is 893. The highest BCUT2D eigenvalue weighted by Gasteiger charge is 2.30. The van der Waals surface area contributed by atoms with E-state index in [-0.39, 0.29) is 10.5 Å². The van der Waals surface area contributed by atoms with Crippen molar-refractivity contribution < 1.29 is 31.1 Å². The third-order valence-electron chi connectivity index (χ3n) is 3.64. The van der Waals surface area contributed by atoms with E-state index in [1.165, 1.54) is 44.4 Å². The van der Waals surface area contributed by atoms with Crippen molar-refractivity contribution in [2.45, 2.75) is 24.0 Å². The average molecular weight is 387 g/mol. The molecule has 0 heterocycles. The number of rotatable bonds is 5. The van der Waals surface area contributed by atoms with E-state index >= 15 is 0 Å². The van der Waals surface area contributed by atoms with Gasteiger partial charge in [0.1, 0.15) is 0 Å². The monoisotopic (exact) mass is 387 g/mol. The van der Waals surface area contributed by atoms with Gasteiger partial charge in [-0.2, -0.15) is 13.2 Å². The molecule has 140 valence electrons. The predicted molar refractivity (Wildman–Crippen MR) is 88.0 cm³/mol. The number of nitrogens with one attached hydrogen (secondary N) is 1. The Morgan fingerprint density at radius 3 is 2.27 bits per heavy atom. The zero-order valence-corrected chi connectivity index (χ0v) is 14.7. The Morgan fingerprint density at radius 1 is 1.12 bits per heavy atom. The molecular weight excluding hydrogens is 371 g/mol. The van der Waals surface area contributed by atoms with Crippen molar-refractivity contribution in [1.82, 2.24) is 4.72 Å². The maximum Gasteiger partial charge on any atom is 0.416 e. The number of esters is 1. The van der Waals surface area contributed by atoms with Crippen LogP contribution in [0.3, 0.4) is 0 Å². The summed E-state index contributed by atoms with van der Waals surface area (Å²) in [7, 11) is -2.82. The van der Waals surface area contributed by atoms with E-state index < -0.39 is 33.8 Å². The van der Waals surface area contributed by atoms with Gasteiger partial charge in [-0.15, -0.1) is 0 Å². The summed E-state index contributed by atoms with van der Waals surface area (Å²) < 4.78 is 69.6. The number of halogens is 3. The van der Waals surface area contributed by atoms with Crippen molar-refractivity contribution >= 4 is 16.0 Å². The van der Waals surface area contributed by atoms with Gasteiger partial charge in [0.15, 0.2) is 0 Å². The zero-order valence-electron chi connectivity index (χ0n) is 13.9. The first-order valence-electron chi connectivity index (χ1n) is 7.42. The van der Waals surface area contributed by atoms with Gasteiger partial charge < -0.3 is 4.74 Å². The van der Waals surface area contributed by atoms with Crippen molar-refractivity contribution in [2.24, 2.45) is 0 Å². The molecule has 1 unspecified atom stereocenters. The number of hydrogen-bond acceptors (Lipinski definition) is 4. The lowest BCUT2D eigenvalue weighted by Crippen LogP contribution is -2.27. The SMILES string of the molecule is COC(=O)c1cccc(S(=O)(=O)NC(C)c2ccc(C(F)(F)F)cc2)c1. The molecule has 0 spiro atoms. The first-order valence-corrected chi connectivity index (χ1v) is 8.91. The minimum atomic E-state index is -4.46. The summed E-state index contributed by atoms with van der Waals surface area (Å²) in [6.45, 7) is 1.50. The number of hydrogen-bond donors (Lipinski definition) is 1. The van der Waals surface area contributed by atoms with Crippen molar-refractivity contribution in [2.75, 3.05) is 7.11 Å². The van der Waals surface area contributed by atoms with E-state index in [4.69, 9.17) is 0 Å². The van der Waals surface area contributed by atoms with E-state index in [0.29, 0.717) is 5.56 Å². The van der Waals surface area contributed by atoms with Gasteiger partial charge in [0.25, 0.3) is 0 Å². The van der Waals surface area contributed by atoms with Crippen LogP contribution in [-0.4, -0.2) is 21.5 Å². The summed E-state index contributed by atoms with van der Waals surface area (Å²) in [6.07, 6.45) is -4.46. The topological polar surface area (TPSA) is 72.5 Å². The van der Waals surface area contributed by atoms with E-state index in [1.54, 1.807) is 0 Å². The number of carbonyl (C=O) groups excluding carboxylic acids is 1. The van der Waals surface area contributed by atoms with Crippen molar-refractivity contribution in [3.05, 3.63) is 65.2 Å². The van der Waals surface area contributed by atoms with Crippen molar-refractivity contribution in [1.29, 1.82) is 0 Å². The minimum Gasteiger partial charge on any atom is -0.465 e. The van der Waals surface area contributed by atoms with Gasteiger partial charge in [0.2, 0.25) is 10.0 Å². The molecule has 0 saturated carbocycles. The summed E-state index contributed by atoms with van der Waals surface area (Å²) in [4.78, 5) is 11.4. The quantitative estimate of drug-likeness (QED) is 0.797. The zero-order chi connectivity index (χ0) is 19.5. The summed E-state index contributed by atoms with van der Waals surface area (Å²) in [5.74, 6) is -0.683.